The third-order valence-corrected chi connectivity index (χ3v) is 3.80. The second-order valence-electron chi connectivity index (χ2n) is 5.77. The molecule has 7 nitrogen and oxygen atoms in total. The number of aromatic nitrogens is 1. The Labute approximate surface area is 155 Å². The first-order valence-corrected chi connectivity index (χ1v) is 8.26. The molecule has 7 heteroatoms. The van der Waals surface area contributed by atoms with E-state index in [1.54, 1.807) is 18.3 Å². The number of rotatable bonds is 7. The van der Waals surface area contributed by atoms with Gasteiger partial charge >= 0.3 is 0 Å². The van der Waals surface area contributed by atoms with Gasteiger partial charge in [-0.05, 0) is 23.3 Å². The number of nitrogens with zero attached hydrogens (tertiary/aromatic N) is 2. The van der Waals surface area contributed by atoms with Gasteiger partial charge in [0.2, 0.25) is 5.88 Å². The molecule has 1 heterocycles. The zero-order valence-electron chi connectivity index (χ0n) is 14.4. The van der Waals surface area contributed by atoms with Crippen LogP contribution in [0.15, 0.2) is 72.9 Å². The highest BCUT2D eigenvalue weighted by atomic mass is 16.6. The molecule has 0 saturated heterocycles. The number of nitro benzene ring substituents is 1. The van der Waals surface area contributed by atoms with E-state index in [-0.39, 0.29) is 23.7 Å². The Morgan fingerprint density at radius 3 is 2.63 bits per heavy atom. The Hall–Kier alpha value is -3.74. The molecule has 3 rings (SSSR count). The maximum absolute atomic E-state index is 12.2. The number of carbonyl (C=O) groups excluding carboxylic acids is 1. The van der Waals surface area contributed by atoms with E-state index in [0.29, 0.717) is 12.5 Å². The fourth-order valence-corrected chi connectivity index (χ4v) is 2.42. The van der Waals surface area contributed by atoms with E-state index < -0.39 is 4.92 Å². The lowest BCUT2D eigenvalue weighted by molar-refractivity contribution is -0.384. The molecular formula is C20H17N3O4. The molecule has 136 valence electrons. The molecule has 0 saturated carbocycles. The second kappa shape index (κ2) is 8.57. The molecule has 27 heavy (non-hydrogen) atoms. The predicted octanol–water partition coefficient (Wildman–Crippen LogP) is 3.50. The number of non-ortho nitro benzene ring substituents is 1. The zero-order valence-corrected chi connectivity index (χ0v) is 14.4. The normalized spacial score (nSPS) is 10.2. The van der Waals surface area contributed by atoms with Crippen LogP contribution < -0.4 is 10.1 Å². The molecule has 2 aromatic carbocycles. The average molecular weight is 363 g/mol. The van der Waals surface area contributed by atoms with Gasteiger partial charge in [-0.25, -0.2) is 4.98 Å². The van der Waals surface area contributed by atoms with Gasteiger partial charge < -0.3 is 10.1 Å². The Kier molecular flexibility index (Phi) is 5.73. The minimum absolute atomic E-state index is 0.122. The number of hydrogen-bond donors (Lipinski definition) is 1. The number of benzene rings is 2. The van der Waals surface area contributed by atoms with Crippen LogP contribution in [0, 0.1) is 10.1 Å². The summed E-state index contributed by atoms with van der Waals surface area (Å²) in [5.74, 6) is 0.0724. The van der Waals surface area contributed by atoms with Crippen LogP contribution in [0.4, 0.5) is 5.69 Å². The Bertz CT molecular complexity index is 945. The number of carbonyl (C=O) groups is 1. The summed E-state index contributed by atoms with van der Waals surface area (Å²) in [6.45, 7) is 0.656. The largest absolute Gasteiger partial charge is 0.473 e. The molecule has 0 fully saturated rings. The van der Waals surface area contributed by atoms with Gasteiger partial charge in [-0.15, -0.1) is 0 Å². The van der Waals surface area contributed by atoms with Crippen LogP contribution in [0.25, 0.3) is 0 Å². The SMILES string of the molecule is O=C(NCc1ccnc(OCc2ccccc2)c1)c1cccc([N+](=O)[O-])c1. The van der Waals surface area contributed by atoms with Crippen molar-refractivity contribution >= 4 is 11.6 Å². The fourth-order valence-electron chi connectivity index (χ4n) is 2.42. The molecule has 0 aliphatic rings. The quantitative estimate of drug-likeness (QED) is 0.512. The maximum atomic E-state index is 12.2. The first kappa shape index (κ1) is 18.1. The van der Waals surface area contributed by atoms with Gasteiger partial charge in [-0.1, -0.05) is 36.4 Å². The number of nitrogens with one attached hydrogen (secondary N) is 1. The van der Waals surface area contributed by atoms with Crippen molar-refractivity contribution in [1.29, 1.82) is 0 Å². The summed E-state index contributed by atoms with van der Waals surface area (Å²) in [5, 5.41) is 13.5. The highest BCUT2D eigenvalue weighted by Gasteiger charge is 2.11. The molecule has 1 amide bonds. The van der Waals surface area contributed by atoms with E-state index in [9.17, 15) is 14.9 Å². The molecule has 0 bridgehead atoms. The lowest BCUT2D eigenvalue weighted by Crippen LogP contribution is -2.22. The van der Waals surface area contributed by atoms with Crippen molar-refractivity contribution < 1.29 is 14.5 Å². The molecule has 0 spiro atoms. The van der Waals surface area contributed by atoms with Crippen LogP contribution in [0.5, 0.6) is 5.88 Å². The van der Waals surface area contributed by atoms with Crippen molar-refractivity contribution in [2.45, 2.75) is 13.2 Å². The van der Waals surface area contributed by atoms with Crippen molar-refractivity contribution in [3.8, 4) is 5.88 Å². The number of ether oxygens (including phenoxy) is 1. The minimum Gasteiger partial charge on any atom is -0.473 e. The smallest absolute Gasteiger partial charge is 0.270 e. The van der Waals surface area contributed by atoms with Gasteiger partial charge in [-0.2, -0.15) is 0 Å². The van der Waals surface area contributed by atoms with E-state index in [0.717, 1.165) is 11.1 Å². The molecule has 3 aromatic rings. The van der Waals surface area contributed by atoms with Crippen LogP contribution in [0.3, 0.4) is 0 Å². The standard InChI is InChI=1S/C20H17N3O4/c24-20(17-7-4-8-18(12-17)23(25)26)22-13-16-9-10-21-19(11-16)27-14-15-5-2-1-3-6-15/h1-12H,13-14H2,(H,22,24). The molecule has 0 aliphatic carbocycles. The van der Waals surface area contributed by atoms with Gasteiger partial charge in [-0.3, -0.25) is 14.9 Å². The lowest BCUT2D eigenvalue weighted by atomic mass is 10.2. The summed E-state index contributed by atoms with van der Waals surface area (Å²) in [4.78, 5) is 26.6. The fraction of sp³-hybridized carbons (Fsp3) is 0.100. The molecule has 0 radical (unpaired) electrons. The second-order valence-corrected chi connectivity index (χ2v) is 5.77. The third-order valence-electron chi connectivity index (χ3n) is 3.80. The predicted molar refractivity (Wildman–Crippen MR) is 99.3 cm³/mol. The Morgan fingerprint density at radius 2 is 1.85 bits per heavy atom. The lowest BCUT2D eigenvalue weighted by Gasteiger charge is -2.08. The molecular weight excluding hydrogens is 346 g/mol. The Morgan fingerprint density at radius 1 is 1.04 bits per heavy atom. The first-order chi connectivity index (χ1) is 13.1. The number of nitro groups is 1. The highest BCUT2D eigenvalue weighted by molar-refractivity contribution is 5.94. The molecule has 1 aromatic heterocycles. The minimum atomic E-state index is -0.532. The molecule has 0 unspecified atom stereocenters. The number of amides is 1. The molecule has 1 N–H and O–H groups in total. The third kappa shape index (κ3) is 5.12. The summed E-state index contributed by atoms with van der Waals surface area (Å²) < 4.78 is 5.67. The van der Waals surface area contributed by atoms with Gasteiger partial charge in [0.15, 0.2) is 0 Å². The van der Waals surface area contributed by atoms with Gasteiger partial charge in [0.25, 0.3) is 11.6 Å². The van der Waals surface area contributed by atoms with E-state index in [2.05, 4.69) is 10.3 Å². The van der Waals surface area contributed by atoms with Crippen LogP contribution in [-0.4, -0.2) is 15.8 Å². The van der Waals surface area contributed by atoms with E-state index in [1.165, 1.54) is 24.3 Å². The summed E-state index contributed by atoms with van der Waals surface area (Å²) >= 11 is 0. The van der Waals surface area contributed by atoms with E-state index >= 15 is 0 Å². The van der Waals surface area contributed by atoms with Crippen molar-refractivity contribution in [2.24, 2.45) is 0 Å². The van der Waals surface area contributed by atoms with Gasteiger partial charge in [0.1, 0.15) is 6.61 Å². The van der Waals surface area contributed by atoms with Crippen LogP contribution in [0.1, 0.15) is 21.5 Å². The highest BCUT2D eigenvalue weighted by Crippen LogP contribution is 2.14. The van der Waals surface area contributed by atoms with Crippen molar-refractivity contribution in [3.63, 3.8) is 0 Å². The van der Waals surface area contributed by atoms with Gasteiger partial charge in [0, 0.05) is 36.5 Å². The molecule has 0 atom stereocenters. The number of hydrogen-bond acceptors (Lipinski definition) is 5. The Balaban J connectivity index is 1.58. The van der Waals surface area contributed by atoms with Crippen molar-refractivity contribution in [1.82, 2.24) is 10.3 Å². The summed E-state index contributed by atoms with van der Waals surface area (Å²) in [5.41, 5.74) is 1.96. The van der Waals surface area contributed by atoms with Crippen LogP contribution in [0.2, 0.25) is 0 Å². The van der Waals surface area contributed by atoms with E-state index in [4.69, 9.17) is 4.74 Å². The topological polar surface area (TPSA) is 94.4 Å². The van der Waals surface area contributed by atoms with Crippen LogP contribution >= 0.6 is 0 Å². The van der Waals surface area contributed by atoms with Crippen LogP contribution in [-0.2, 0) is 13.2 Å². The maximum Gasteiger partial charge on any atom is 0.270 e. The average Bonchev–Trinajstić information content (AvgIpc) is 2.71. The summed E-state index contributed by atoms with van der Waals surface area (Å²) in [7, 11) is 0. The summed E-state index contributed by atoms with van der Waals surface area (Å²) in [6.07, 6.45) is 1.61. The summed E-state index contributed by atoms with van der Waals surface area (Å²) in [6, 6.07) is 18.8. The monoisotopic (exact) mass is 363 g/mol. The zero-order chi connectivity index (χ0) is 19.1. The first-order valence-electron chi connectivity index (χ1n) is 8.26. The van der Waals surface area contributed by atoms with Gasteiger partial charge in [0.05, 0.1) is 4.92 Å². The molecule has 0 aliphatic heterocycles. The van der Waals surface area contributed by atoms with E-state index in [1.807, 2.05) is 30.3 Å². The van der Waals surface area contributed by atoms with Crippen molar-refractivity contribution in [3.05, 3.63) is 99.7 Å². The number of pyridine rings is 1. The van der Waals surface area contributed by atoms with Crippen molar-refractivity contribution in [2.75, 3.05) is 0 Å².